The third-order valence-electron chi connectivity index (χ3n) is 3.69. The van der Waals surface area contributed by atoms with Crippen molar-refractivity contribution in [1.82, 2.24) is 5.32 Å². The second kappa shape index (κ2) is 3.97. The number of nitrogens with two attached hydrogens (primary N) is 1. The van der Waals surface area contributed by atoms with Crippen molar-refractivity contribution in [2.45, 2.75) is 38.1 Å². The molecule has 2 rings (SSSR count). The maximum Gasteiger partial charge on any atom is 0.224 e. The van der Waals surface area contributed by atoms with Gasteiger partial charge in [-0.3, -0.25) is 4.79 Å². The lowest BCUT2D eigenvalue weighted by Gasteiger charge is -2.30. The predicted molar refractivity (Wildman–Crippen MR) is 60.2 cm³/mol. The topological polar surface area (TPSA) is 55.1 Å². The molecule has 0 aromatic heterocycles. The zero-order chi connectivity index (χ0) is 10.9. The molecule has 0 bridgehead atoms. The fraction of sp³-hybridized carbons (Fsp3) is 0.750. The Kier molecular flexibility index (Phi) is 2.83. The van der Waals surface area contributed by atoms with Crippen LogP contribution in [0.1, 0.15) is 32.6 Å². The predicted octanol–water partition coefficient (Wildman–Crippen LogP) is 1.20. The largest absolute Gasteiger partial charge is 0.349 e. The van der Waals surface area contributed by atoms with E-state index in [2.05, 4.69) is 24.4 Å². The first-order valence-corrected chi connectivity index (χ1v) is 5.83. The van der Waals surface area contributed by atoms with Crippen LogP contribution in [0.15, 0.2) is 12.2 Å². The molecule has 84 valence electrons. The highest BCUT2D eigenvalue weighted by molar-refractivity contribution is 5.80. The second-order valence-corrected chi connectivity index (χ2v) is 5.02. The number of hydrogen-bond acceptors (Lipinski definition) is 2. The van der Waals surface area contributed by atoms with E-state index >= 15 is 0 Å². The van der Waals surface area contributed by atoms with Crippen LogP contribution in [0.4, 0.5) is 0 Å². The van der Waals surface area contributed by atoms with Gasteiger partial charge in [0.05, 0.1) is 5.54 Å². The first kappa shape index (κ1) is 10.7. The lowest BCUT2D eigenvalue weighted by molar-refractivity contribution is -0.126. The highest BCUT2D eigenvalue weighted by Gasteiger charge is 2.42. The number of carbonyl (C=O) groups is 1. The third-order valence-corrected chi connectivity index (χ3v) is 3.69. The third kappa shape index (κ3) is 2.23. The minimum atomic E-state index is -0.167. The molecule has 3 N–H and O–H groups in total. The Bertz CT molecular complexity index is 275. The highest BCUT2D eigenvalue weighted by Crippen LogP contribution is 2.39. The van der Waals surface area contributed by atoms with Crippen molar-refractivity contribution in [3.8, 4) is 0 Å². The van der Waals surface area contributed by atoms with Gasteiger partial charge in [0.2, 0.25) is 5.91 Å². The van der Waals surface area contributed by atoms with Gasteiger partial charge in [0, 0.05) is 12.5 Å². The number of rotatable bonds is 4. The highest BCUT2D eigenvalue weighted by atomic mass is 16.2. The molecule has 0 aromatic carbocycles. The van der Waals surface area contributed by atoms with Gasteiger partial charge in [-0.25, -0.2) is 0 Å². The summed E-state index contributed by atoms with van der Waals surface area (Å²) < 4.78 is 0. The SMILES string of the molecule is CC(CN)(NC(=O)C1CC=CC1)C1CC1. The van der Waals surface area contributed by atoms with Crippen molar-refractivity contribution in [2.24, 2.45) is 17.6 Å². The van der Waals surface area contributed by atoms with Crippen LogP contribution in [0.25, 0.3) is 0 Å². The molecule has 1 saturated carbocycles. The van der Waals surface area contributed by atoms with E-state index in [1.54, 1.807) is 0 Å². The molecule has 15 heavy (non-hydrogen) atoms. The number of allylic oxidation sites excluding steroid dienone is 2. The summed E-state index contributed by atoms with van der Waals surface area (Å²) in [4.78, 5) is 11.9. The maximum atomic E-state index is 11.9. The van der Waals surface area contributed by atoms with E-state index in [0.29, 0.717) is 12.5 Å². The van der Waals surface area contributed by atoms with E-state index in [9.17, 15) is 4.79 Å². The summed E-state index contributed by atoms with van der Waals surface area (Å²) in [5, 5.41) is 3.14. The molecule has 0 aromatic rings. The van der Waals surface area contributed by atoms with Gasteiger partial charge in [0.15, 0.2) is 0 Å². The van der Waals surface area contributed by atoms with Crippen molar-refractivity contribution in [3.63, 3.8) is 0 Å². The molecule has 2 aliphatic rings. The average Bonchev–Trinajstić information content (AvgIpc) is 2.94. The minimum Gasteiger partial charge on any atom is -0.349 e. The maximum absolute atomic E-state index is 11.9. The molecule has 0 aliphatic heterocycles. The molecular weight excluding hydrogens is 188 g/mol. The van der Waals surface area contributed by atoms with Crippen LogP contribution in [0.3, 0.4) is 0 Å². The van der Waals surface area contributed by atoms with Crippen LogP contribution < -0.4 is 11.1 Å². The van der Waals surface area contributed by atoms with Crippen LogP contribution in [-0.4, -0.2) is 18.0 Å². The number of carbonyl (C=O) groups excluding carboxylic acids is 1. The van der Waals surface area contributed by atoms with Crippen LogP contribution in [0.5, 0.6) is 0 Å². The average molecular weight is 208 g/mol. The van der Waals surface area contributed by atoms with Crippen LogP contribution in [0, 0.1) is 11.8 Å². The lowest BCUT2D eigenvalue weighted by atomic mass is 9.94. The summed E-state index contributed by atoms with van der Waals surface area (Å²) in [7, 11) is 0. The van der Waals surface area contributed by atoms with E-state index in [4.69, 9.17) is 5.73 Å². The van der Waals surface area contributed by atoms with Crippen LogP contribution in [-0.2, 0) is 4.79 Å². The summed E-state index contributed by atoms with van der Waals surface area (Å²) in [6.07, 6.45) is 8.35. The molecule has 3 nitrogen and oxygen atoms in total. The van der Waals surface area contributed by atoms with E-state index in [0.717, 1.165) is 12.8 Å². The molecule has 2 aliphatic carbocycles. The van der Waals surface area contributed by atoms with Gasteiger partial charge >= 0.3 is 0 Å². The first-order chi connectivity index (χ1) is 7.15. The van der Waals surface area contributed by atoms with E-state index in [1.807, 2.05) is 0 Å². The molecule has 1 atom stereocenters. The van der Waals surface area contributed by atoms with Gasteiger partial charge in [0.25, 0.3) is 0 Å². The summed E-state index contributed by atoms with van der Waals surface area (Å²) >= 11 is 0. The molecular formula is C12H20N2O. The fourth-order valence-electron chi connectivity index (χ4n) is 2.26. The van der Waals surface area contributed by atoms with Gasteiger partial charge in [-0.15, -0.1) is 0 Å². The number of hydrogen-bond donors (Lipinski definition) is 2. The zero-order valence-corrected chi connectivity index (χ0v) is 9.33. The molecule has 1 fully saturated rings. The molecule has 0 heterocycles. The van der Waals surface area contributed by atoms with Gasteiger partial charge in [-0.05, 0) is 38.5 Å². The second-order valence-electron chi connectivity index (χ2n) is 5.02. The Morgan fingerprint density at radius 2 is 2.07 bits per heavy atom. The van der Waals surface area contributed by atoms with Crippen LogP contribution in [0.2, 0.25) is 0 Å². The monoisotopic (exact) mass is 208 g/mol. The van der Waals surface area contributed by atoms with E-state index in [-0.39, 0.29) is 17.4 Å². The van der Waals surface area contributed by atoms with Crippen molar-refractivity contribution >= 4 is 5.91 Å². The normalized spacial score (nSPS) is 25.2. The van der Waals surface area contributed by atoms with Crippen molar-refractivity contribution < 1.29 is 4.79 Å². The van der Waals surface area contributed by atoms with E-state index < -0.39 is 0 Å². The Labute approximate surface area is 91.1 Å². The quantitative estimate of drug-likeness (QED) is 0.682. The summed E-state index contributed by atoms with van der Waals surface area (Å²) in [5.74, 6) is 0.926. The molecule has 0 spiro atoms. The lowest BCUT2D eigenvalue weighted by Crippen LogP contribution is -2.54. The zero-order valence-electron chi connectivity index (χ0n) is 9.33. The van der Waals surface area contributed by atoms with Crippen LogP contribution >= 0.6 is 0 Å². The summed E-state index contributed by atoms with van der Waals surface area (Å²) in [5.41, 5.74) is 5.60. The van der Waals surface area contributed by atoms with Gasteiger partial charge in [0.1, 0.15) is 0 Å². The molecule has 1 unspecified atom stereocenters. The standard InChI is InChI=1S/C12H20N2O/c1-12(8-13,10-6-7-10)14-11(15)9-4-2-3-5-9/h2-3,9-10H,4-8,13H2,1H3,(H,14,15). The summed E-state index contributed by atoms with van der Waals surface area (Å²) in [6.45, 7) is 2.62. The number of nitrogens with one attached hydrogen (secondary N) is 1. The van der Waals surface area contributed by atoms with Crippen molar-refractivity contribution in [3.05, 3.63) is 12.2 Å². The van der Waals surface area contributed by atoms with Crippen molar-refractivity contribution in [1.29, 1.82) is 0 Å². The molecule has 1 amide bonds. The molecule has 0 radical (unpaired) electrons. The van der Waals surface area contributed by atoms with E-state index in [1.165, 1.54) is 12.8 Å². The first-order valence-electron chi connectivity index (χ1n) is 5.83. The Morgan fingerprint density at radius 1 is 1.47 bits per heavy atom. The Morgan fingerprint density at radius 3 is 2.53 bits per heavy atom. The molecule has 3 heteroatoms. The molecule has 0 saturated heterocycles. The van der Waals surface area contributed by atoms with Gasteiger partial charge < -0.3 is 11.1 Å². The van der Waals surface area contributed by atoms with Crippen molar-refractivity contribution in [2.75, 3.05) is 6.54 Å². The Hall–Kier alpha value is -0.830. The summed E-state index contributed by atoms with van der Waals surface area (Å²) in [6, 6.07) is 0. The smallest absolute Gasteiger partial charge is 0.224 e. The van der Waals surface area contributed by atoms with Gasteiger partial charge in [-0.1, -0.05) is 12.2 Å². The van der Waals surface area contributed by atoms with Gasteiger partial charge in [-0.2, -0.15) is 0 Å². The fourth-order valence-corrected chi connectivity index (χ4v) is 2.26. The Balaban J connectivity index is 1.91. The minimum absolute atomic E-state index is 0.148. The number of amides is 1.